The molecular weight excluding hydrogens is 90.1 g/mol. The molecule has 2 N–H and O–H groups in total. The molecule has 0 aromatic heterocycles. The van der Waals surface area contributed by atoms with Gasteiger partial charge < -0.3 is 10.4 Å². The van der Waals surface area contributed by atoms with E-state index in [0.29, 0.717) is 12.6 Å². The first-order valence-corrected chi connectivity index (χ1v) is 2.77. The number of hydrogen-bond donors (Lipinski definition) is 2. The van der Waals surface area contributed by atoms with Gasteiger partial charge in [-0.3, -0.25) is 0 Å². The van der Waals surface area contributed by atoms with Crippen molar-refractivity contribution in [3.8, 4) is 0 Å². The van der Waals surface area contributed by atoms with Crippen molar-refractivity contribution >= 4 is 0 Å². The molecule has 1 unspecified atom stereocenters. The molecule has 1 fully saturated rings. The predicted octanol–water partition coefficient (Wildman–Crippen LogP) is -0.0233. The molecule has 0 bridgehead atoms. The zero-order valence-electron chi connectivity index (χ0n) is 4.35. The summed E-state index contributed by atoms with van der Waals surface area (Å²) in [5.41, 5.74) is 0. The van der Waals surface area contributed by atoms with Crippen molar-refractivity contribution in [1.29, 1.82) is 0 Å². The van der Waals surface area contributed by atoms with Crippen LogP contribution in [0.1, 0.15) is 14.3 Å². The lowest BCUT2D eigenvalue weighted by atomic mass is 10.2. The largest absolute Gasteiger partial charge is 0.395 e. The van der Waals surface area contributed by atoms with Crippen molar-refractivity contribution in [1.82, 2.24) is 5.32 Å². The van der Waals surface area contributed by atoms with Gasteiger partial charge in [-0.15, -0.1) is 0 Å². The zero-order chi connectivity index (χ0) is 5.11. The first-order chi connectivity index (χ1) is 3.43. The van der Waals surface area contributed by atoms with E-state index < -0.39 is 0 Å². The van der Waals surface area contributed by atoms with Gasteiger partial charge in [-0.1, -0.05) is 0 Å². The highest BCUT2D eigenvalue weighted by Crippen LogP contribution is 2.02. The summed E-state index contributed by atoms with van der Waals surface area (Å²) in [5, 5.41) is 11.7. The molecule has 1 atom stereocenters. The fraction of sp³-hybridized carbons (Fsp3) is 1.00. The highest BCUT2D eigenvalue weighted by Gasteiger charge is 2.10. The summed E-state index contributed by atoms with van der Waals surface area (Å²) >= 11 is 0. The lowest BCUT2D eigenvalue weighted by molar-refractivity contribution is 0.255. The maximum Gasteiger partial charge on any atom is 0.0584 e. The molecule has 0 aromatic rings. The van der Waals surface area contributed by atoms with Crippen molar-refractivity contribution in [3.05, 3.63) is 0 Å². The van der Waals surface area contributed by atoms with E-state index in [4.69, 9.17) is 5.11 Å². The molecule has 1 saturated heterocycles. The SMILES string of the molecule is OCC1CCCN1.[HH]. The van der Waals surface area contributed by atoms with Crippen LogP contribution in [0.4, 0.5) is 0 Å². The second-order valence-corrected chi connectivity index (χ2v) is 1.98. The van der Waals surface area contributed by atoms with E-state index >= 15 is 0 Å². The Bertz CT molecular complexity index is 54.4. The van der Waals surface area contributed by atoms with E-state index in [0.717, 1.165) is 13.0 Å². The van der Waals surface area contributed by atoms with E-state index in [1.165, 1.54) is 6.42 Å². The van der Waals surface area contributed by atoms with Crippen LogP contribution in [0.25, 0.3) is 0 Å². The topological polar surface area (TPSA) is 32.3 Å². The molecule has 0 saturated carbocycles. The molecule has 7 heavy (non-hydrogen) atoms. The van der Waals surface area contributed by atoms with Crippen LogP contribution < -0.4 is 5.32 Å². The van der Waals surface area contributed by atoms with Gasteiger partial charge in [0.25, 0.3) is 0 Å². The van der Waals surface area contributed by atoms with Crippen LogP contribution in [-0.4, -0.2) is 24.3 Å². The molecule has 0 amide bonds. The zero-order valence-corrected chi connectivity index (χ0v) is 4.35. The summed E-state index contributed by atoms with van der Waals surface area (Å²) in [6.45, 7) is 1.39. The number of rotatable bonds is 1. The third kappa shape index (κ3) is 1.14. The maximum absolute atomic E-state index is 8.50. The van der Waals surface area contributed by atoms with E-state index in [-0.39, 0.29) is 1.43 Å². The first kappa shape index (κ1) is 5.06. The second kappa shape index (κ2) is 2.28. The molecule has 1 heterocycles. The fourth-order valence-electron chi connectivity index (χ4n) is 0.913. The Morgan fingerprint density at radius 1 is 1.86 bits per heavy atom. The minimum Gasteiger partial charge on any atom is -0.395 e. The van der Waals surface area contributed by atoms with Gasteiger partial charge in [0.15, 0.2) is 0 Å². The molecular formula is C5H13NO. The van der Waals surface area contributed by atoms with Crippen molar-refractivity contribution in [2.24, 2.45) is 0 Å². The van der Waals surface area contributed by atoms with Gasteiger partial charge in [-0.05, 0) is 19.4 Å². The summed E-state index contributed by atoms with van der Waals surface area (Å²) < 4.78 is 0. The Balaban J connectivity index is 0.000000490. The molecule has 1 aliphatic rings. The molecule has 1 aliphatic heterocycles. The molecule has 0 spiro atoms. The van der Waals surface area contributed by atoms with Gasteiger partial charge in [0.2, 0.25) is 0 Å². The van der Waals surface area contributed by atoms with Crippen molar-refractivity contribution in [2.75, 3.05) is 13.2 Å². The Kier molecular flexibility index (Phi) is 1.65. The summed E-state index contributed by atoms with van der Waals surface area (Å²) in [4.78, 5) is 0. The summed E-state index contributed by atoms with van der Waals surface area (Å²) in [7, 11) is 0. The van der Waals surface area contributed by atoms with Crippen LogP contribution in [0.15, 0.2) is 0 Å². The quantitative estimate of drug-likeness (QED) is 0.488. The Hall–Kier alpha value is -0.0800. The van der Waals surface area contributed by atoms with Gasteiger partial charge in [-0.25, -0.2) is 0 Å². The Labute approximate surface area is 45.0 Å². The summed E-state index contributed by atoms with van der Waals surface area (Å²) in [5.74, 6) is 0. The third-order valence-electron chi connectivity index (χ3n) is 1.38. The van der Waals surface area contributed by atoms with E-state index in [1.807, 2.05) is 0 Å². The van der Waals surface area contributed by atoms with Gasteiger partial charge in [0, 0.05) is 7.47 Å². The van der Waals surface area contributed by atoms with Crippen LogP contribution in [0, 0.1) is 0 Å². The van der Waals surface area contributed by atoms with E-state index in [9.17, 15) is 0 Å². The highest BCUT2D eigenvalue weighted by molar-refractivity contribution is 4.71. The number of nitrogens with one attached hydrogen (secondary N) is 1. The first-order valence-electron chi connectivity index (χ1n) is 2.77. The molecule has 0 aromatic carbocycles. The monoisotopic (exact) mass is 103 g/mol. The van der Waals surface area contributed by atoms with Crippen molar-refractivity contribution < 1.29 is 6.53 Å². The number of aliphatic hydroxyl groups is 1. The van der Waals surface area contributed by atoms with Gasteiger partial charge in [-0.2, -0.15) is 0 Å². The predicted molar refractivity (Wildman–Crippen MR) is 30.2 cm³/mol. The smallest absolute Gasteiger partial charge is 0.0584 e. The van der Waals surface area contributed by atoms with Gasteiger partial charge >= 0.3 is 0 Å². The maximum atomic E-state index is 8.50. The average molecular weight is 103 g/mol. The second-order valence-electron chi connectivity index (χ2n) is 1.98. The number of hydrogen-bond acceptors (Lipinski definition) is 2. The van der Waals surface area contributed by atoms with Crippen LogP contribution in [0.5, 0.6) is 0 Å². The van der Waals surface area contributed by atoms with E-state index in [2.05, 4.69) is 5.32 Å². The third-order valence-corrected chi connectivity index (χ3v) is 1.38. The molecule has 0 radical (unpaired) electrons. The minimum absolute atomic E-state index is 0. The van der Waals surface area contributed by atoms with Crippen LogP contribution in [0.3, 0.4) is 0 Å². The fourth-order valence-corrected chi connectivity index (χ4v) is 0.913. The van der Waals surface area contributed by atoms with Crippen LogP contribution in [-0.2, 0) is 0 Å². The molecule has 2 heteroatoms. The van der Waals surface area contributed by atoms with Crippen LogP contribution in [0.2, 0.25) is 0 Å². The van der Waals surface area contributed by atoms with Crippen molar-refractivity contribution in [2.45, 2.75) is 18.9 Å². The summed E-state index contributed by atoms with van der Waals surface area (Å²) in [6, 6.07) is 0.403. The molecule has 0 aliphatic carbocycles. The molecule has 44 valence electrons. The Morgan fingerprint density at radius 3 is 3.00 bits per heavy atom. The number of aliphatic hydroxyl groups excluding tert-OH is 1. The summed E-state index contributed by atoms with van der Waals surface area (Å²) in [6.07, 6.45) is 2.38. The van der Waals surface area contributed by atoms with E-state index in [1.54, 1.807) is 0 Å². The Morgan fingerprint density at radius 2 is 2.71 bits per heavy atom. The molecule has 2 nitrogen and oxygen atoms in total. The van der Waals surface area contributed by atoms with Gasteiger partial charge in [0.1, 0.15) is 0 Å². The normalized spacial score (nSPS) is 31.3. The molecule has 1 rings (SSSR count). The van der Waals surface area contributed by atoms with Gasteiger partial charge in [0.05, 0.1) is 6.61 Å². The highest BCUT2D eigenvalue weighted by atomic mass is 16.3. The standard InChI is InChI=1S/C5H11NO.H2/c7-4-5-2-1-3-6-5;/h5-7H,1-4H2;1H. The lowest BCUT2D eigenvalue weighted by Crippen LogP contribution is -2.24. The van der Waals surface area contributed by atoms with Crippen molar-refractivity contribution in [3.63, 3.8) is 0 Å². The van der Waals surface area contributed by atoms with Crippen LogP contribution >= 0.6 is 0 Å². The lowest BCUT2D eigenvalue weighted by Gasteiger charge is -2.01. The minimum atomic E-state index is 0. The average Bonchev–Trinajstić information content (AvgIpc) is 2.14.